The van der Waals surface area contributed by atoms with Crippen LogP contribution in [0.1, 0.15) is 16.7 Å². The van der Waals surface area contributed by atoms with E-state index in [4.69, 9.17) is 5.73 Å². The van der Waals surface area contributed by atoms with Crippen LogP contribution in [0.4, 0.5) is 11.4 Å². The van der Waals surface area contributed by atoms with Crippen LogP contribution >= 0.6 is 15.9 Å². The molecule has 0 bridgehead atoms. The molecule has 0 saturated heterocycles. The van der Waals surface area contributed by atoms with Gasteiger partial charge in [0.1, 0.15) is 0 Å². The van der Waals surface area contributed by atoms with E-state index in [1.807, 2.05) is 13.0 Å². The maximum absolute atomic E-state index is 5.86. The predicted octanol–water partition coefficient (Wildman–Crippen LogP) is 4.26. The second-order valence-electron chi connectivity index (χ2n) is 4.53. The quantitative estimate of drug-likeness (QED) is 0.832. The summed E-state index contributed by atoms with van der Waals surface area (Å²) in [6.45, 7) is 4.93. The van der Waals surface area contributed by atoms with Crippen LogP contribution in [-0.4, -0.2) is 0 Å². The molecule has 2 aromatic carbocycles. The summed E-state index contributed by atoms with van der Waals surface area (Å²) in [5.41, 5.74) is 11.4. The van der Waals surface area contributed by atoms with E-state index in [0.717, 1.165) is 28.0 Å². The van der Waals surface area contributed by atoms with Gasteiger partial charge >= 0.3 is 0 Å². The Hall–Kier alpha value is -1.48. The fourth-order valence-electron chi connectivity index (χ4n) is 1.85. The van der Waals surface area contributed by atoms with Crippen LogP contribution < -0.4 is 11.1 Å². The zero-order valence-electron chi connectivity index (χ0n) is 10.6. The number of benzene rings is 2. The molecule has 0 radical (unpaired) electrons. The van der Waals surface area contributed by atoms with Gasteiger partial charge in [-0.2, -0.15) is 0 Å². The lowest BCUT2D eigenvalue weighted by Crippen LogP contribution is -2.01. The van der Waals surface area contributed by atoms with Crippen molar-refractivity contribution in [1.82, 2.24) is 0 Å². The van der Waals surface area contributed by atoms with Crippen molar-refractivity contribution >= 4 is 27.3 Å². The highest BCUT2D eigenvalue weighted by atomic mass is 79.9. The van der Waals surface area contributed by atoms with Crippen LogP contribution in [0.2, 0.25) is 0 Å². The van der Waals surface area contributed by atoms with Crippen molar-refractivity contribution in [3.63, 3.8) is 0 Å². The number of rotatable bonds is 3. The summed E-state index contributed by atoms with van der Waals surface area (Å²) in [7, 11) is 0. The first-order chi connectivity index (χ1) is 8.56. The van der Waals surface area contributed by atoms with Crippen molar-refractivity contribution in [3.8, 4) is 0 Å². The first-order valence-corrected chi connectivity index (χ1v) is 6.70. The molecular formula is C15H17BrN2. The first kappa shape index (κ1) is 13.0. The lowest BCUT2D eigenvalue weighted by atomic mass is 10.1. The zero-order valence-corrected chi connectivity index (χ0v) is 12.2. The Balaban J connectivity index is 2.13. The molecule has 2 aromatic rings. The Morgan fingerprint density at radius 3 is 2.67 bits per heavy atom. The Kier molecular flexibility index (Phi) is 3.92. The van der Waals surface area contributed by atoms with E-state index >= 15 is 0 Å². The summed E-state index contributed by atoms with van der Waals surface area (Å²) < 4.78 is 0.998. The van der Waals surface area contributed by atoms with Gasteiger partial charge in [0, 0.05) is 22.4 Å². The van der Waals surface area contributed by atoms with Crippen molar-refractivity contribution < 1.29 is 0 Å². The van der Waals surface area contributed by atoms with Crippen molar-refractivity contribution in [2.75, 3.05) is 11.1 Å². The number of nitrogens with one attached hydrogen (secondary N) is 1. The molecule has 0 fully saturated rings. The Morgan fingerprint density at radius 1 is 1.17 bits per heavy atom. The molecule has 0 saturated carbocycles. The molecule has 3 heteroatoms. The number of nitrogens with two attached hydrogens (primary N) is 1. The van der Waals surface area contributed by atoms with Gasteiger partial charge in [-0.05, 0) is 53.0 Å². The first-order valence-electron chi connectivity index (χ1n) is 5.91. The normalized spacial score (nSPS) is 10.4. The van der Waals surface area contributed by atoms with Crippen LogP contribution in [0, 0.1) is 13.8 Å². The second kappa shape index (κ2) is 5.44. The third-order valence-electron chi connectivity index (χ3n) is 2.92. The Morgan fingerprint density at radius 2 is 1.94 bits per heavy atom. The SMILES string of the molecule is Cc1cccc(CNc2cc(C)c(N)cc2Br)c1. The highest BCUT2D eigenvalue weighted by Crippen LogP contribution is 2.28. The lowest BCUT2D eigenvalue weighted by molar-refractivity contribution is 1.14. The van der Waals surface area contributed by atoms with Crippen molar-refractivity contribution in [3.05, 3.63) is 57.6 Å². The van der Waals surface area contributed by atoms with Gasteiger partial charge in [0.05, 0.1) is 0 Å². The minimum Gasteiger partial charge on any atom is -0.398 e. The smallest absolute Gasteiger partial charge is 0.0491 e. The maximum atomic E-state index is 5.86. The van der Waals surface area contributed by atoms with Crippen LogP contribution in [0.3, 0.4) is 0 Å². The van der Waals surface area contributed by atoms with Crippen LogP contribution in [0.15, 0.2) is 40.9 Å². The van der Waals surface area contributed by atoms with Gasteiger partial charge < -0.3 is 11.1 Å². The number of hydrogen-bond donors (Lipinski definition) is 2. The second-order valence-corrected chi connectivity index (χ2v) is 5.39. The molecular weight excluding hydrogens is 288 g/mol. The highest BCUT2D eigenvalue weighted by molar-refractivity contribution is 9.10. The van der Waals surface area contributed by atoms with Gasteiger partial charge in [0.25, 0.3) is 0 Å². The molecule has 0 unspecified atom stereocenters. The number of anilines is 2. The average molecular weight is 305 g/mol. The number of hydrogen-bond acceptors (Lipinski definition) is 2. The molecule has 0 aliphatic carbocycles. The van der Waals surface area contributed by atoms with Gasteiger partial charge in [-0.25, -0.2) is 0 Å². The molecule has 0 aliphatic heterocycles. The molecule has 0 aromatic heterocycles. The molecule has 2 rings (SSSR count). The molecule has 2 nitrogen and oxygen atoms in total. The summed E-state index contributed by atoms with van der Waals surface area (Å²) in [4.78, 5) is 0. The average Bonchev–Trinajstić information content (AvgIpc) is 2.32. The standard InChI is InChI=1S/C15H17BrN2/c1-10-4-3-5-12(6-10)9-18-15-7-11(2)14(17)8-13(15)16/h3-8,18H,9,17H2,1-2H3. The van der Waals surface area contributed by atoms with Gasteiger partial charge in [-0.3, -0.25) is 0 Å². The minimum absolute atomic E-state index is 0.808. The largest absolute Gasteiger partial charge is 0.398 e. The van der Waals surface area contributed by atoms with Gasteiger partial charge in [-0.1, -0.05) is 29.8 Å². The number of nitrogen functional groups attached to an aromatic ring is 1. The molecule has 3 N–H and O–H groups in total. The maximum Gasteiger partial charge on any atom is 0.0491 e. The molecule has 18 heavy (non-hydrogen) atoms. The van der Waals surface area contributed by atoms with Crippen molar-refractivity contribution in [2.45, 2.75) is 20.4 Å². The van der Waals surface area contributed by atoms with Crippen LogP contribution in [0.5, 0.6) is 0 Å². The van der Waals surface area contributed by atoms with E-state index in [-0.39, 0.29) is 0 Å². The highest BCUT2D eigenvalue weighted by Gasteiger charge is 2.03. The minimum atomic E-state index is 0.808. The fourth-order valence-corrected chi connectivity index (χ4v) is 2.35. The fraction of sp³-hybridized carbons (Fsp3) is 0.200. The summed E-state index contributed by atoms with van der Waals surface area (Å²) in [6.07, 6.45) is 0. The molecule has 0 spiro atoms. The van der Waals surface area contributed by atoms with Crippen molar-refractivity contribution in [1.29, 1.82) is 0 Å². The third-order valence-corrected chi connectivity index (χ3v) is 3.58. The van der Waals surface area contributed by atoms with Crippen LogP contribution in [-0.2, 0) is 6.54 Å². The molecule has 94 valence electrons. The molecule has 0 amide bonds. The summed E-state index contributed by atoms with van der Waals surface area (Å²) in [5, 5.41) is 3.42. The summed E-state index contributed by atoms with van der Waals surface area (Å²) in [6, 6.07) is 12.5. The summed E-state index contributed by atoms with van der Waals surface area (Å²) >= 11 is 3.53. The molecule has 0 atom stereocenters. The predicted molar refractivity (Wildman–Crippen MR) is 81.8 cm³/mol. The Labute approximate surface area is 116 Å². The van der Waals surface area contributed by atoms with Gasteiger partial charge in [0.15, 0.2) is 0 Å². The topological polar surface area (TPSA) is 38.0 Å². The molecule has 0 heterocycles. The van der Waals surface area contributed by atoms with E-state index in [9.17, 15) is 0 Å². The summed E-state index contributed by atoms with van der Waals surface area (Å²) in [5.74, 6) is 0. The lowest BCUT2D eigenvalue weighted by Gasteiger charge is -2.11. The van der Waals surface area contributed by atoms with Gasteiger partial charge in [-0.15, -0.1) is 0 Å². The van der Waals surface area contributed by atoms with Crippen LogP contribution in [0.25, 0.3) is 0 Å². The van der Waals surface area contributed by atoms with E-state index in [1.54, 1.807) is 0 Å². The van der Waals surface area contributed by atoms with Gasteiger partial charge in [0.2, 0.25) is 0 Å². The Bertz CT molecular complexity index is 564. The monoisotopic (exact) mass is 304 g/mol. The van der Waals surface area contributed by atoms with E-state index in [2.05, 4.69) is 58.5 Å². The van der Waals surface area contributed by atoms with Crippen molar-refractivity contribution in [2.24, 2.45) is 0 Å². The van der Waals surface area contributed by atoms with E-state index in [1.165, 1.54) is 11.1 Å². The van der Waals surface area contributed by atoms with E-state index in [0.29, 0.717) is 0 Å². The number of aryl methyl sites for hydroxylation is 2. The number of halogens is 1. The molecule has 0 aliphatic rings. The zero-order chi connectivity index (χ0) is 13.1. The third kappa shape index (κ3) is 3.05. The van der Waals surface area contributed by atoms with E-state index < -0.39 is 0 Å².